The molecule has 0 amide bonds. The Balaban J connectivity index is 1.69. The summed E-state index contributed by atoms with van der Waals surface area (Å²) >= 11 is 1.45. The molecule has 0 radical (unpaired) electrons. The molecule has 1 fully saturated rings. The highest BCUT2D eigenvalue weighted by Crippen LogP contribution is 2.32. The molecule has 4 rings (SSSR count). The predicted molar refractivity (Wildman–Crippen MR) is 116 cm³/mol. The highest BCUT2D eigenvalue weighted by atomic mass is 32.1. The van der Waals surface area contributed by atoms with E-state index in [2.05, 4.69) is 31.0 Å². The normalized spacial score (nSPS) is 16.1. The van der Waals surface area contributed by atoms with Crippen molar-refractivity contribution in [1.29, 1.82) is 0 Å². The molecular formula is C23H26N2O3S. The molecule has 5 nitrogen and oxygen atoms in total. The molecule has 29 heavy (non-hydrogen) atoms. The minimum absolute atomic E-state index is 0.0293. The number of aryl methyl sites for hydroxylation is 2. The van der Waals surface area contributed by atoms with Crippen LogP contribution in [-0.4, -0.2) is 21.6 Å². The quantitative estimate of drug-likeness (QED) is 0.556. The van der Waals surface area contributed by atoms with Crippen LogP contribution >= 0.6 is 11.3 Å². The topological polar surface area (TPSA) is 61.2 Å². The molecule has 1 aliphatic rings. The van der Waals surface area contributed by atoms with E-state index in [1.54, 1.807) is 6.92 Å². The lowest BCUT2D eigenvalue weighted by Gasteiger charge is -2.24. The average molecular weight is 411 g/mol. The number of hydrogen-bond donors (Lipinski definition) is 0. The van der Waals surface area contributed by atoms with Crippen molar-refractivity contribution >= 4 is 27.5 Å². The minimum Gasteiger partial charge on any atom is -0.461 e. The van der Waals surface area contributed by atoms with Crippen molar-refractivity contribution in [2.45, 2.75) is 65.0 Å². The van der Waals surface area contributed by atoms with Crippen LogP contribution in [0.3, 0.4) is 0 Å². The maximum absolute atomic E-state index is 13.3. The summed E-state index contributed by atoms with van der Waals surface area (Å²) in [6.45, 7) is 5.84. The summed E-state index contributed by atoms with van der Waals surface area (Å²) in [7, 11) is 0. The van der Waals surface area contributed by atoms with E-state index >= 15 is 0 Å². The Bertz CT molecular complexity index is 1110. The molecule has 6 heteroatoms. The summed E-state index contributed by atoms with van der Waals surface area (Å²) in [5.41, 5.74) is 4.05. The first-order chi connectivity index (χ1) is 14.0. The van der Waals surface area contributed by atoms with Gasteiger partial charge in [-0.1, -0.05) is 24.6 Å². The molecule has 0 unspecified atom stereocenters. The van der Waals surface area contributed by atoms with Gasteiger partial charge in [0.2, 0.25) is 0 Å². The fourth-order valence-electron chi connectivity index (χ4n) is 3.90. The van der Waals surface area contributed by atoms with Crippen LogP contribution < -0.4 is 5.56 Å². The standard InChI is InChI=1S/C23H26N2O3S/c1-14-9-10-17(11-15(14)2)19-12-29-21-20(19)22(26)25(13-24-21)16(3)23(27)28-18-7-5-4-6-8-18/h9-13,16,18H,4-8H2,1-3H3/t16-/m0/s1. The number of carbonyl (C=O) groups is 1. The molecule has 2 aromatic heterocycles. The lowest BCUT2D eigenvalue weighted by atomic mass is 9.98. The Hall–Kier alpha value is -2.47. The largest absolute Gasteiger partial charge is 0.461 e. The number of thiophene rings is 1. The second kappa shape index (κ2) is 8.11. The van der Waals surface area contributed by atoms with Crippen LogP contribution in [0.2, 0.25) is 0 Å². The molecule has 0 N–H and O–H groups in total. The summed E-state index contributed by atoms with van der Waals surface area (Å²) in [5, 5.41) is 2.54. The second-order valence-corrected chi connectivity index (χ2v) is 8.82. The molecule has 0 saturated heterocycles. The van der Waals surface area contributed by atoms with Gasteiger partial charge < -0.3 is 4.74 Å². The molecule has 152 valence electrons. The van der Waals surface area contributed by atoms with E-state index in [0.29, 0.717) is 10.2 Å². The van der Waals surface area contributed by atoms with Crippen molar-refractivity contribution in [3.63, 3.8) is 0 Å². The lowest BCUT2D eigenvalue weighted by molar-refractivity contribution is -0.154. The first-order valence-electron chi connectivity index (χ1n) is 10.2. The van der Waals surface area contributed by atoms with Gasteiger partial charge in [0.25, 0.3) is 5.56 Å². The van der Waals surface area contributed by atoms with E-state index < -0.39 is 6.04 Å². The SMILES string of the molecule is Cc1ccc(-c2csc3ncn([C@@H](C)C(=O)OC4CCCCC4)c(=O)c23)cc1C. The van der Waals surface area contributed by atoms with Crippen LogP contribution in [0.15, 0.2) is 34.7 Å². The fourth-order valence-corrected chi connectivity index (χ4v) is 4.81. The maximum Gasteiger partial charge on any atom is 0.329 e. The summed E-state index contributed by atoms with van der Waals surface area (Å²) in [6.07, 6.45) is 6.64. The molecule has 1 aromatic carbocycles. The zero-order chi connectivity index (χ0) is 20.5. The van der Waals surface area contributed by atoms with Gasteiger partial charge in [0.15, 0.2) is 0 Å². The van der Waals surface area contributed by atoms with Gasteiger partial charge in [-0.3, -0.25) is 9.36 Å². The van der Waals surface area contributed by atoms with Gasteiger partial charge >= 0.3 is 5.97 Å². The van der Waals surface area contributed by atoms with Crippen LogP contribution in [0.4, 0.5) is 0 Å². The monoisotopic (exact) mass is 410 g/mol. The number of aromatic nitrogens is 2. The summed E-state index contributed by atoms with van der Waals surface area (Å²) in [5.74, 6) is -0.358. The molecule has 3 aromatic rings. The van der Waals surface area contributed by atoms with Crippen LogP contribution in [0.25, 0.3) is 21.3 Å². The van der Waals surface area contributed by atoms with Crippen molar-refractivity contribution in [2.75, 3.05) is 0 Å². The maximum atomic E-state index is 13.3. The Labute approximate surface area is 174 Å². The number of rotatable bonds is 4. The van der Waals surface area contributed by atoms with Crippen LogP contribution in [0.5, 0.6) is 0 Å². The molecule has 0 spiro atoms. The number of nitrogens with zero attached hydrogens (tertiary/aromatic N) is 2. The van der Waals surface area contributed by atoms with E-state index in [9.17, 15) is 9.59 Å². The number of ether oxygens (including phenoxy) is 1. The van der Waals surface area contributed by atoms with E-state index in [1.807, 2.05) is 11.4 Å². The van der Waals surface area contributed by atoms with Gasteiger partial charge in [0.05, 0.1) is 11.7 Å². The third kappa shape index (κ3) is 3.86. The first-order valence-corrected chi connectivity index (χ1v) is 11.1. The number of carbonyl (C=O) groups excluding carboxylic acids is 1. The fraction of sp³-hybridized carbons (Fsp3) is 0.435. The summed E-state index contributed by atoms with van der Waals surface area (Å²) in [4.78, 5) is 31.1. The third-order valence-electron chi connectivity index (χ3n) is 5.93. The van der Waals surface area contributed by atoms with Gasteiger partial charge in [-0.15, -0.1) is 11.3 Å². The van der Waals surface area contributed by atoms with Gasteiger partial charge in [0, 0.05) is 10.9 Å². The Morgan fingerprint density at radius 1 is 1.21 bits per heavy atom. The van der Waals surface area contributed by atoms with Crippen molar-refractivity contribution in [3.8, 4) is 11.1 Å². The predicted octanol–water partition coefficient (Wildman–Crippen LogP) is 5.18. The van der Waals surface area contributed by atoms with E-state index in [1.165, 1.54) is 39.8 Å². The molecule has 1 atom stereocenters. The summed E-state index contributed by atoms with van der Waals surface area (Å²) in [6, 6.07) is 5.48. The van der Waals surface area contributed by atoms with E-state index in [0.717, 1.165) is 36.8 Å². The molecular weight excluding hydrogens is 384 g/mol. The van der Waals surface area contributed by atoms with Gasteiger partial charge in [0.1, 0.15) is 17.0 Å². The Morgan fingerprint density at radius 3 is 2.69 bits per heavy atom. The van der Waals surface area contributed by atoms with Gasteiger partial charge in [-0.05, 0) is 63.1 Å². The van der Waals surface area contributed by atoms with Crippen LogP contribution in [0, 0.1) is 13.8 Å². The van der Waals surface area contributed by atoms with Crippen LogP contribution in [-0.2, 0) is 9.53 Å². The van der Waals surface area contributed by atoms with Crippen molar-refractivity contribution in [1.82, 2.24) is 9.55 Å². The van der Waals surface area contributed by atoms with Gasteiger partial charge in [-0.2, -0.15) is 0 Å². The first kappa shape index (κ1) is 19.8. The van der Waals surface area contributed by atoms with Gasteiger partial charge in [-0.25, -0.2) is 9.78 Å². The summed E-state index contributed by atoms with van der Waals surface area (Å²) < 4.78 is 7.08. The van der Waals surface area contributed by atoms with Crippen molar-refractivity contribution < 1.29 is 9.53 Å². The second-order valence-electron chi connectivity index (χ2n) is 7.96. The third-order valence-corrected chi connectivity index (χ3v) is 6.82. The number of fused-ring (bicyclic) bond motifs is 1. The molecule has 1 aliphatic carbocycles. The average Bonchev–Trinajstić information content (AvgIpc) is 3.16. The molecule has 0 aliphatic heterocycles. The highest BCUT2D eigenvalue weighted by molar-refractivity contribution is 7.17. The Kier molecular flexibility index (Phi) is 5.54. The molecule has 1 saturated carbocycles. The molecule has 2 heterocycles. The zero-order valence-corrected chi connectivity index (χ0v) is 17.9. The van der Waals surface area contributed by atoms with Crippen molar-refractivity contribution in [2.24, 2.45) is 0 Å². The van der Waals surface area contributed by atoms with E-state index in [4.69, 9.17) is 4.74 Å². The lowest BCUT2D eigenvalue weighted by Crippen LogP contribution is -2.32. The minimum atomic E-state index is -0.700. The Morgan fingerprint density at radius 2 is 1.97 bits per heavy atom. The van der Waals surface area contributed by atoms with Crippen molar-refractivity contribution in [3.05, 3.63) is 51.4 Å². The zero-order valence-electron chi connectivity index (χ0n) is 17.1. The molecule has 0 bridgehead atoms. The number of benzene rings is 1. The smallest absolute Gasteiger partial charge is 0.329 e. The van der Waals surface area contributed by atoms with Crippen LogP contribution in [0.1, 0.15) is 56.2 Å². The highest BCUT2D eigenvalue weighted by Gasteiger charge is 2.25. The number of esters is 1. The van der Waals surface area contributed by atoms with E-state index in [-0.39, 0.29) is 17.6 Å². The number of hydrogen-bond acceptors (Lipinski definition) is 5.